The number of rotatable bonds is 5. The Hall–Kier alpha value is -2.11. The number of carbonyl (C=O) groups is 2. The summed E-state index contributed by atoms with van der Waals surface area (Å²) in [6, 6.07) is 3.68. The van der Waals surface area contributed by atoms with Gasteiger partial charge in [0.15, 0.2) is 6.61 Å². The number of nitrogen functional groups attached to an aromatic ring is 1. The van der Waals surface area contributed by atoms with Gasteiger partial charge in [0, 0.05) is 18.3 Å². The van der Waals surface area contributed by atoms with E-state index in [0.29, 0.717) is 6.54 Å². The molecular formula is C17H23FN2O3. The first-order valence-corrected chi connectivity index (χ1v) is 8.04. The van der Waals surface area contributed by atoms with Crippen LogP contribution in [0.25, 0.3) is 0 Å². The quantitative estimate of drug-likeness (QED) is 0.668. The predicted molar refractivity (Wildman–Crippen MR) is 85.4 cm³/mol. The number of ether oxygens (including phenoxy) is 1. The minimum atomic E-state index is -0.712. The van der Waals surface area contributed by atoms with Crippen molar-refractivity contribution >= 4 is 17.6 Å². The molecule has 0 radical (unpaired) electrons. The Bertz CT molecular complexity index is 571. The van der Waals surface area contributed by atoms with Gasteiger partial charge in [-0.15, -0.1) is 0 Å². The Morgan fingerprint density at radius 2 is 2.00 bits per heavy atom. The van der Waals surface area contributed by atoms with Crippen molar-refractivity contribution in [3.8, 4) is 0 Å². The molecule has 6 heteroatoms. The van der Waals surface area contributed by atoms with Crippen LogP contribution in [0.3, 0.4) is 0 Å². The van der Waals surface area contributed by atoms with Crippen LogP contribution in [-0.2, 0) is 9.53 Å². The highest BCUT2D eigenvalue weighted by atomic mass is 19.1. The van der Waals surface area contributed by atoms with Gasteiger partial charge < -0.3 is 15.4 Å². The number of anilines is 1. The molecule has 5 nitrogen and oxygen atoms in total. The second-order valence-corrected chi connectivity index (χ2v) is 5.78. The fourth-order valence-corrected chi connectivity index (χ4v) is 3.04. The van der Waals surface area contributed by atoms with Crippen molar-refractivity contribution in [2.75, 3.05) is 18.9 Å². The number of benzene rings is 1. The number of esters is 1. The molecule has 0 aliphatic heterocycles. The van der Waals surface area contributed by atoms with E-state index < -0.39 is 11.8 Å². The molecule has 0 heterocycles. The van der Waals surface area contributed by atoms with Crippen LogP contribution in [0, 0.1) is 5.82 Å². The standard InChI is InChI=1S/C17H23FN2O3/c1-2-20(13-6-4-3-5-7-13)16(21)11-23-17(22)14-9-8-12(18)10-15(14)19/h8-10,13H,2-7,11,19H2,1H3. The highest BCUT2D eigenvalue weighted by molar-refractivity contribution is 5.96. The van der Waals surface area contributed by atoms with Gasteiger partial charge >= 0.3 is 5.97 Å². The fourth-order valence-electron chi connectivity index (χ4n) is 3.04. The summed E-state index contributed by atoms with van der Waals surface area (Å²) in [4.78, 5) is 26.1. The van der Waals surface area contributed by atoms with Gasteiger partial charge in [-0.3, -0.25) is 4.79 Å². The highest BCUT2D eigenvalue weighted by Crippen LogP contribution is 2.22. The minimum Gasteiger partial charge on any atom is -0.452 e. The summed E-state index contributed by atoms with van der Waals surface area (Å²) in [5.74, 6) is -1.44. The molecule has 2 rings (SSSR count). The van der Waals surface area contributed by atoms with Gasteiger partial charge in [-0.1, -0.05) is 19.3 Å². The van der Waals surface area contributed by atoms with Crippen molar-refractivity contribution < 1.29 is 18.7 Å². The third-order valence-electron chi connectivity index (χ3n) is 4.24. The zero-order chi connectivity index (χ0) is 16.8. The molecule has 0 unspecified atom stereocenters. The van der Waals surface area contributed by atoms with Crippen molar-refractivity contribution in [1.29, 1.82) is 0 Å². The maximum atomic E-state index is 13.0. The summed E-state index contributed by atoms with van der Waals surface area (Å²) < 4.78 is 18.0. The normalized spacial score (nSPS) is 15.2. The van der Waals surface area contributed by atoms with Crippen LogP contribution in [0.1, 0.15) is 49.4 Å². The maximum absolute atomic E-state index is 13.0. The van der Waals surface area contributed by atoms with Gasteiger partial charge in [0.1, 0.15) is 5.82 Å². The van der Waals surface area contributed by atoms with Gasteiger partial charge in [-0.2, -0.15) is 0 Å². The summed E-state index contributed by atoms with van der Waals surface area (Å²) in [5, 5.41) is 0. The average Bonchev–Trinajstić information content (AvgIpc) is 2.54. The van der Waals surface area contributed by atoms with Crippen molar-refractivity contribution in [2.24, 2.45) is 0 Å². The van der Waals surface area contributed by atoms with E-state index in [2.05, 4.69) is 0 Å². The Kier molecular flexibility index (Phi) is 5.96. The van der Waals surface area contributed by atoms with Gasteiger partial charge in [-0.25, -0.2) is 9.18 Å². The van der Waals surface area contributed by atoms with Crippen molar-refractivity contribution in [2.45, 2.75) is 45.1 Å². The monoisotopic (exact) mass is 322 g/mol. The molecule has 1 amide bonds. The number of amides is 1. The number of halogens is 1. The van der Waals surface area contributed by atoms with Crippen molar-refractivity contribution in [1.82, 2.24) is 4.90 Å². The molecule has 0 aromatic heterocycles. The zero-order valence-electron chi connectivity index (χ0n) is 13.4. The van der Waals surface area contributed by atoms with E-state index in [1.807, 2.05) is 6.92 Å². The summed E-state index contributed by atoms with van der Waals surface area (Å²) in [5.41, 5.74) is 5.67. The second kappa shape index (κ2) is 7.94. The lowest BCUT2D eigenvalue weighted by atomic mass is 9.94. The third-order valence-corrected chi connectivity index (χ3v) is 4.24. The van der Waals surface area contributed by atoms with E-state index in [1.165, 1.54) is 12.5 Å². The smallest absolute Gasteiger partial charge is 0.340 e. The largest absolute Gasteiger partial charge is 0.452 e. The SMILES string of the molecule is CCN(C(=O)COC(=O)c1ccc(F)cc1N)C1CCCCC1. The van der Waals surface area contributed by atoms with Gasteiger partial charge in [0.05, 0.1) is 5.56 Å². The molecule has 1 aliphatic carbocycles. The first-order valence-electron chi connectivity index (χ1n) is 8.04. The van der Waals surface area contributed by atoms with Gasteiger partial charge in [0.25, 0.3) is 5.91 Å². The van der Waals surface area contributed by atoms with Crippen LogP contribution in [0.2, 0.25) is 0 Å². The number of likely N-dealkylation sites (N-methyl/N-ethyl adjacent to an activating group) is 1. The number of carbonyl (C=O) groups excluding carboxylic acids is 2. The lowest BCUT2D eigenvalue weighted by Crippen LogP contribution is -2.43. The molecule has 0 saturated heterocycles. The minimum absolute atomic E-state index is 0.00192. The average molecular weight is 322 g/mol. The number of hydrogen-bond donors (Lipinski definition) is 1. The molecule has 0 bridgehead atoms. The number of nitrogens with zero attached hydrogens (tertiary/aromatic N) is 1. The Balaban J connectivity index is 1.92. The molecule has 23 heavy (non-hydrogen) atoms. The third kappa shape index (κ3) is 4.43. The van der Waals surface area contributed by atoms with E-state index in [9.17, 15) is 14.0 Å². The van der Waals surface area contributed by atoms with E-state index >= 15 is 0 Å². The molecule has 0 atom stereocenters. The van der Waals surface area contributed by atoms with Crippen LogP contribution < -0.4 is 5.73 Å². The van der Waals surface area contributed by atoms with Crippen LogP contribution in [0.4, 0.5) is 10.1 Å². The van der Waals surface area contributed by atoms with Crippen molar-refractivity contribution in [3.05, 3.63) is 29.6 Å². The first-order chi connectivity index (χ1) is 11.0. The maximum Gasteiger partial charge on any atom is 0.340 e. The molecule has 1 aromatic carbocycles. The number of nitrogens with two attached hydrogens (primary N) is 1. The van der Waals surface area contributed by atoms with Crippen molar-refractivity contribution in [3.63, 3.8) is 0 Å². The van der Waals surface area contributed by atoms with Crippen LogP contribution in [-0.4, -0.2) is 36.0 Å². The molecule has 2 N–H and O–H groups in total. The van der Waals surface area contributed by atoms with Gasteiger partial charge in [-0.05, 0) is 38.0 Å². The summed E-state index contributed by atoms with van der Waals surface area (Å²) in [6.07, 6.45) is 5.46. The lowest BCUT2D eigenvalue weighted by molar-refractivity contribution is -0.137. The molecule has 1 fully saturated rings. The number of hydrogen-bond acceptors (Lipinski definition) is 4. The molecule has 1 aromatic rings. The Labute approximate surface area is 135 Å². The van der Waals surface area contributed by atoms with Crippen LogP contribution >= 0.6 is 0 Å². The highest BCUT2D eigenvalue weighted by Gasteiger charge is 2.25. The lowest BCUT2D eigenvalue weighted by Gasteiger charge is -2.33. The van der Waals surface area contributed by atoms with E-state index in [4.69, 9.17) is 10.5 Å². The van der Waals surface area contributed by atoms with Crippen LogP contribution in [0.5, 0.6) is 0 Å². The predicted octanol–water partition coefficient (Wildman–Crippen LogP) is 2.75. The molecular weight excluding hydrogens is 299 g/mol. The summed E-state index contributed by atoms with van der Waals surface area (Å²) >= 11 is 0. The first kappa shape index (κ1) is 17.2. The molecule has 126 valence electrons. The van der Waals surface area contributed by atoms with Gasteiger partial charge in [0.2, 0.25) is 0 Å². The topological polar surface area (TPSA) is 72.6 Å². The van der Waals surface area contributed by atoms with E-state index in [0.717, 1.165) is 37.8 Å². The summed E-state index contributed by atoms with van der Waals surface area (Å²) in [7, 11) is 0. The zero-order valence-corrected chi connectivity index (χ0v) is 13.4. The van der Waals surface area contributed by atoms with E-state index in [1.54, 1.807) is 4.90 Å². The summed E-state index contributed by atoms with van der Waals surface area (Å²) in [6.45, 7) is 2.20. The molecule has 1 saturated carbocycles. The Morgan fingerprint density at radius 3 is 2.61 bits per heavy atom. The van der Waals surface area contributed by atoms with E-state index in [-0.39, 0.29) is 29.8 Å². The molecule has 1 aliphatic rings. The fraction of sp³-hybridized carbons (Fsp3) is 0.529. The Morgan fingerprint density at radius 1 is 1.30 bits per heavy atom. The second-order valence-electron chi connectivity index (χ2n) is 5.78. The van der Waals surface area contributed by atoms with Crippen LogP contribution in [0.15, 0.2) is 18.2 Å². The molecule has 0 spiro atoms.